The number of nitrogens with one attached hydrogen (secondary N) is 3. The second-order valence-electron chi connectivity index (χ2n) is 7.08. The number of amides is 4. The molecule has 0 aliphatic heterocycles. The molecule has 0 bridgehead atoms. The molecule has 0 aromatic rings. The molecule has 4 amide bonds. The molecule has 0 aliphatic rings. The number of aliphatic hydroxyl groups excluding tert-OH is 1. The molecule has 0 spiro atoms. The Morgan fingerprint density at radius 1 is 0.871 bits per heavy atom. The Morgan fingerprint density at radius 2 is 1.39 bits per heavy atom. The highest BCUT2D eigenvalue weighted by Crippen LogP contribution is 2.04. The topological polar surface area (TPSA) is 251 Å². The van der Waals surface area contributed by atoms with E-state index in [1.165, 1.54) is 0 Å². The van der Waals surface area contributed by atoms with Gasteiger partial charge in [-0.05, 0) is 12.3 Å². The summed E-state index contributed by atoms with van der Waals surface area (Å²) < 4.78 is 0. The van der Waals surface area contributed by atoms with Crippen molar-refractivity contribution in [2.45, 2.75) is 57.3 Å². The number of nitrogens with two attached hydrogens (primary N) is 2. The summed E-state index contributed by atoms with van der Waals surface area (Å²) in [5.41, 5.74) is 10.5. The average molecular weight is 447 g/mol. The summed E-state index contributed by atoms with van der Waals surface area (Å²) in [7, 11) is 0. The molecule has 0 heterocycles. The van der Waals surface area contributed by atoms with Crippen molar-refractivity contribution in [1.82, 2.24) is 16.0 Å². The number of hydrogen-bond donors (Lipinski definition) is 8. The molecule has 0 aromatic carbocycles. The first kappa shape index (κ1) is 27.7. The fourth-order valence-corrected chi connectivity index (χ4v) is 2.35. The molecule has 14 heteroatoms. The Balaban J connectivity index is 5.32. The number of aliphatic hydroxyl groups is 1. The van der Waals surface area contributed by atoms with Crippen molar-refractivity contribution in [2.24, 2.45) is 17.4 Å². The summed E-state index contributed by atoms with van der Waals surface area (Å²) in [6, 6.07) is -5.76. The number of carboxylic acid groups (broad SMARTS) is 2. The Bertz CT molecular complexity index is 697. The monoisotopic (exact) mass is 447 g/mol. The van der Waals surface area contributed by atoms with Gasteiger partial charge in [0.1, 0.15) is 18.1 Å². The maximum Gasteiger partial charge on any atom is 0.326 e. The minimum absolute atomic E-state index is 0.295. The lowest BCUT2D eigenvalue weighted by Gasteiger charge is -2.25. The van der Waals surface area contributed by atoms with Gasteiger partial charge >= 0.3 is 11.9 Å². The molecular weight excluding hydrogens is 418 g/mol. The molecule has 14 nitrogen and oxygen atoms in total. The van der Waals surface area contributed by atoms with E-state index in [1.54, 1.807) is 13.8 Å². The predicted octanol–water partition coefficient (Wildman–Crippen LogP) is -3.76. The van der Waals surface area contributed by atoms with E-state index in [0.717, 1.165) is 0 Å². The number of carbonyl (C=O) groups is 6. The van der Waals surface area contributed by atoms with E-state index < -0.39 is 78.7 Å². The van der Waals surface area contributed by atoms with Crippen LogP contribution in [0.25, 0.3) is 0 Å². The molecule has 0 saturated heterocycles. The summed E-state index contributed by atoms with van der Waals surface area (Å²) in [6.07, 6.45) is -1.35. The smallest absolute Gasteiger partial charge is 0.326 e. The number of primary amides is 1. The van der Waals surface area contributed by atoms with E-state index in [2.05, 4.69) is 16.0 Å². The molecule has 0 rings (SSSR count). The summed E-state index contributed by atoms with van der Waals surface area (Å²) >= 11 is 0. The van der Waals surface area contributed by atoms with Crippen LogP contribution in [0.2, 0.25) is 0 Å². The number of carbonyl (C=O) groups excluding carboxylic acids is 4. The van der Waals surface area contributed by atoms with Crippen molar-refractivity contribution >= 4 is 35.6 Å². The Labute approximate surface area is 177 Å². The molecule has 0 aromatic heterocycles. The van der Waals surface area contributed by atoms with Crippen molar-refractivity contribution in [3.63, 3.8) is 0 Å². The lowest BCUT2D eigenvalue weighted by atomic mass is 10.0. The van der Waals surface area contributed by atoms with Crippen molar-refractivity contribution in [1.29, 1.82) is 0 Å². The zero-order valence-electron chi connectivity index (χ0n) is 17.2. The van der Waals surface area contributed by atoms with Crippen LogP contribution in [0.15, 0.2) is 0 Å². The number of hydrogen-bond acceptors (Lipinski definition) is 8. The molecule has 0 saturated carbocycles. The van der Waals surface area contributed by atoms with Gasteiger partial charge in [-0.15, -0.1) is 0 Å². The molecule has 0 fully saturated rings. The average Bonchev–Trinajstić information content (AvgIpc) is 2.65. The van der Waals surface area contributed by atoms with Gasteiger partial charge in [0.15, 0.2) is 0 Å². The highest BCUT2D eigenvalue weighted by Gasteiger charge is 2.31. The summed E-state index contributed by atoms with van der Waals surface area (Å²) in [6.45, 7) is 2.19. The normalized spacial score (nSPS) is 14.6. The Hall–Kier alpha value is -3.26. The second kappa shape index (κ2) is 13.1. The molecule has 0 radical (unpaired) electrons. The van der Waals surface area contributed by atoms with Crippen LogP contribution in [0.5, 0.6) is 0 Å². The van der Waals surface area contributed by atoms with Gasteiger partial charge in [0, 0.05) is 6.42 Å². The van der Waals surface area contributed by atoms with E-state index in [4.69, 9.17) is 21.7 Å². The third-order valence-electron chi connectivity index (χ3n) is 4.09. The third kappa shape index (κ3) is 10.4. The fraction of sp³-hybridized carbons (Fsp3) is 0.647. The van der Waals surface area contributed by atoms with Crippen molar-refractivity contribution in [2.75, 3.05) is 6.61 Å². The van der Waals surface area contributed by atoms with E-state index >= 15 is 0 Å². The zero-order chi connectivity index (χ0) is 24.3. The SMILES string of the molecule is CC(C)C(NC(=O)C(CO)NC(=O)C(CCC(N)=O)NC(=O)C(N)CC(=O)O)C(=O)O. The lowest BCUT2D eigenvalue weighted by Crippen LogP contribution is -2.58. The molecule has 4 atom stereocenters. The van der Waals surface area contributed by atoms with Crippen LogP contribution >= 0.6 is 0 Å². The first-order valence-electron chi connectivity index (χ1n) is 9.30. The number of rotatable bonds is 14. The lowest BCUT2D eigenvalue weighted by molar-refractivity contribution is -0.143. The Kier molecular flexibility index (Phi) is 11.7. The molecule has 31 heavy (non-hydrogen) atoms. The van der Waals surface area contributed by atoms with Crippen LogP contribution in [-0.4, -0.2) is 81.7 Å². The largest absolute Gasteiger partial charge is 0.481 e. The minimum atomic E-state index is -1.56. The highest BCUT2D eigenvalue weighted by molar-refractivity contribution is 5.95. The number of aliphatic carboxylic acids is 2. The zero-order valence-corrected chi connectivity index (χ0v) is 17.2. The van der Waals surface area contributed by atoms with E-state index in [-0.39, 0.29) is 12.8 Å². The van der Waals surface area contributed by atoms with Crippen LogP contribution in [-0.2, 0) is 28.8 Å². The summed E-state index contributed by atoms with van der Waals surface area (Å²) in [4.78, 5) is 69.8. The van der Waals surface area contributed by atoms with Gasteiger partial charge in [-0.25, -0.2) is 4.79 Å². The van der Waals surface area contributed by atoms with Crippen molar-refractivity contribution < 1.29 is 44.1 Å². The van der Waals surface area contributed by atoms with Gasteiger partial charge in [-0.1, -0.05) is 13.8 Å². The third-order valence-corrected chi connectivity index (χ3v) is 4.09. The quantitative estimate of drug-likeness (QED) is 0.129. The maximum atomic E-state index is 12.5. The first-order chi connectivity index (χ1) is 14.3. The van der Waals surface area contributed by atoms with E-state index in [9.17, 15) is 33.9 Å². The first-order valence-corrected chi connectivity index (χ1v) is 9.30. The van der Waals surface area contributed by atoms with Gasteiger partial charge in [-0.2, -0.15) is 0 Å². The fourth-order valence-electron chi connectivity index (χ4n) is 2.35. The van der Waals surface area contributed by atoms with Crippen molar-refractivity contribution in [3.05, 3.63) is 0 Å². The van der Waals surface area contributed by atoms with Gasteiger partial charge < -0.3 is 42.7 Å². The molecule has 176 valence electrons. The summed E-state index contributed by atoms with van der Waals surface area (Å²) in [5, 5.41) is 33.8. The van der Waals surface area contributed by atoms with Crippen LogP contribution in [0.3, 0.4) is 0 Å². The standard InChI is InChI=1S/C17H29N5O9/c1-7(2)13(17(30)31)22-16(29)10(6-23)21-15(28)9(3-4-11(19)24)20-14(27)8(18)5-12(25)26/h7-10,13,23H,3-6,18H2,1-2H3,(H2,19,24)(H,20,27)(H,21,28)(H,22,29)(H,25,26)(H,30,31). The molecule has 4 unspecified atom stereocenters. The van der Waals surface area contributed by atoms with Crippen molar-refractivity contribution in [3.8, 4) is 0 Å². The molecular formula is C17H29N5O9. The summed E-state index contributed by atoms with van der Waals surface area (Å²) in [5.74, 6) is -6.93. The van der Waals surface area contributed by atoms with Gasteiger partial charge in [0.2, 0.25) is 23.6 Å². The second-order valence-corrected chi connectivity index (χ2v) is 7.08. The highest BCUT2D eigenvalue weighted by atomic mass is 16.4. The predicted molar refractivity (Wildman–Crippen MR) is 104 cm³/mol. The van der Waals surface area contributed by atoms with Gasteiger partial charge in [0.25, 0.3) is 0 Å². The van der Waals surface area contributed by atoms with Gasteiger partial charge in [0.05, 0.1) is 19.1 Å². The van der Waals surface area contributed by atoms with Crippen LogP contribution in [0.4, 0.5) is 0 Å². The van der Waals surface area contributed by atoms with Crippen LogP contribution < -0.4 is 27.4 Å². The Morgan fingerprint density at radius 3 is 1.81 bits per heavy atom. The molecule has 10 N–H and O–H groups in total. The van der Waals surface area contributed by atoms with E-state index in [1.807, 2.05) is 0 Å². The minimum Gasteiger partial charge on any atom is -0.481 e. The van der Waals surface area contributed by atoms with Gasteiger partial charge in [-0.3, -0.25) is 24.0 Å². The van der Waals surface area contributed by atoms with Crippen LogP contribution in [0.1, 0.15) is 33.1 Å². The van der Waals surface area contributed by atoms with E-state index in [0.29, 0.717) is 0 Å². The maximum absolute atomic E-state index is 12.5. The number of carboxylic acids is 2. The molecule has 0 aliphatic carbocycles. The van der Waals surface area contributed by atoms with Crippen LogP contribution in [0, 0.1) is 5.92 Å².